The molecule has 8 nitrogen and oxygen atoms in total. The van der Waals surface area contributed by atoms with E-state index in [1.54, 1.807) is 13.0 Å². The van der Waals surface area contributed by atoms with Crippen LogP contribution in [-0.4, -0.2) is 42.2 Å². The summed E-state index contributed by atoms with van der Waals surface area (Å²) in [5, 5.41) is -0.0657. The average molecular weight is 535 g/mol. The van der Waals surface area contributed by atoms with Crippen molar-refractivity contribution in [2.45, 2.75) is 51.7 Å². The number of hydrogen-bond donors (Lipinski definition) is 0. The topological polar surface area (TPSA) is 109 Å². The highest BCUT2D eigenvalue weighted by molar-refractivity contribution is 9.09. The van der Waals surface area contributed by atoms with Gasteiger partial charge in [-0.1, -0.05) is 28.8 Å². The molecular formula is C25H27BrO8. The minimum atomic E-state index is -1.07. The summed E-state index contributed by atoms with van der Waals surface area (Å²) in [6, 6.07) is 1.72. The second kappa shape index (κ2) is 9.57. The number of ketones is 1. The molecule has 3 aliphatic rings. The SMILES string of the molecule is CC#Cc1occc1C1CC2C(CCC3(C)C(C(=O)OC)CC(OC(=O)CBr)C(=O)C23)C(=O)O1. The fourth-order valence-electron chi connectivity index (χ4n) is 6.18. The number of carbonyl (C=O) groups excluding carboxylic acids is 4. The van der Waals surface area contributed by atoms with Gasteiger partial charge in [0.15, 0.2) is 17.6 Å². The van der Waals surface area contributed by atoms with E-state index in [0.717, 1.165) is 0 Å². The number of halogens is 1. The summed E-state index contributed by atoms with van der Waals surface area (Å²) < 4.78 is 21.8. The van der Waals surface area contributed by atoms with Crippen molar-refractivity contribution in [3.05, 3.63) is 23.7 Å². The van der Waals surface area contributed by atoms with Crippen molar-refractivity contribution in [3.63, 3.8) is 0 Å². The standard InChI is InChI=1S/C25H27BrO8/c1-4-5-17-14(7-9-32-17)18-10-15-13(23(29)34-18)6-8-25(2)16(24(30)31-3)11-19(22(28)21(15)25)33-20(27)12-26/h7,9,13,15-16,18-19,21H,6,8,10-12H2,1-3H3. The van der Waals surface area contributed by atoms with Crippen LogP contribution in [0.3, 0.4) is 0 Å². The molecule has 1 aromatic heterocycles. The van der Waals surface area contributed by atoms with E-state index in [2.05, 4.69) is 27.8 Å². The van der Waals surface area contributed by atoms with Gasteiger partial charge in [0, 0.05) is 17.9 Å². The Morgan fingerprint density at radius 1 is 1.29 bits per heavy atom. The first-order chi connectivity index (χ1) is 16.2. The van der Waals surface area contributed by atoms with Crippen LogP contribution in [0.15, 0.2) is 16.7 Å². The van der Waals surface area contributed by atoms with Crippen molar-refractivity contribution < 1.29 is 37.8 Å². The molecule has 7 unspecified atom stereocenters. The molecule has 2 saturated carbocycles. The number of methoxy groups -OCH3 is 1. The highest BCUT2D eigenvalue weighted by atomic mass is 79.9. The van der Waals surface area contributed by atoms with Crippen LogP contribution < -0.4 is 0 Å². The molecule has 2 aliphatic carbocycles. The van der Waals surface area contributed by atoms with Crippen LogP contribution in [0.1, 0.15) is 57.0 Å². The lowest BCUT2D eigenvalue weighted by Gasteiger charge is -2.56. The van der Waals surface area contributed by atoms with Crippen LogP contribution in [-0.2, 0) is 33.4 Å². The van der Waals surface area contributed by atoms with E-state index in [4.69, 9.17) is 18.6 Å². The summed E-state index contributed by atoms with van der Waals surface area (Å²) in [5.74, 6) is 2.28. The number of carbonyl (C=O) groups is 4. The maximum Gasteiger partial charge on any atom is 0.317 e. The van der Waals surface area contributed by atoms with E-state index in [-0.39, 0.29) is 29.4 Å². The largest absolute Gasteiger partial charge is 0.469 e. The van der Waals surface area contributed by atoms with Gasteiger partial charge in [-0.25, -0.2) is 0 Å². The number of Topliss-reactive ketones (excluding diaryl/α,β-unsaturated/α-hetero) is 1. The van der Waals surface area contributed by atoms with Gasteiger partial charge in [-0.3, -0.25) is 19.2 Å². The monoisotopic (exact) mass is 534 g/mol. The minimum absolute atomic E-state index is 0.0657. The Morgan fingerprint density at radius 2 is 2.06 bits per heavy atom. The molecule has 4 rings (SSSR count). The molecule has 7 atom stereocenters. The number of fused-ring (bicyclic) bond motifs is 3. The van der Waals surface area contributed by atoms with Crippen LogP contribution in [0.4, 0.5) is 0 Å². The van der Waals surface area contributed by atoms with E-state index >= 15 is 0 Å². The quantitative estimate of drug-likeness (QED) is 0.250. The molecule has 3 fully saturated rings. The predicted octanol–water partition coefficient (Wildman–Crippen LogP) is 3.36. The van der Waals surface area contributed by atoms with E-state index in [0.29, 0.717) is 30.6 Å². The molecule has 0 bridgehead atoms. The fraction of sp³-hybridized carbons (Fsp3) is 0.600. The van der Waals surface area contributed by atoms with E-state index in [1.807, 2.05) is 6.92 Å². The number of cyclic esters (lactones) is 1. The van der Waals surface area contributed by atoms with E-state index < -0.39 is 47.3 Å². The first-order valence-corrected chi connectivity index (χ1v) is 12.4. The molecular weight excluding hydrogens is 508 g/mol. The van der Waals surface area contributed by atoms with Crippen LogP contribution in [0.2, 0.25) is 0 Å². The van der Waals surface area contributed by atoms with Crippen LogP contribution >= 0.6 is 15.9 Å². The summed E-state index contributed by atoms with van der Waals surface area (Å²) in [6.45, 7) is 3.60. The van der Waals surface area contributed by atoms with E-state index in [9.17, 15) is 19.2 Å². The van der Waals surface area contributed by atoms with Crippen molar-refractivity contribution >= 4 is 39.6 Å². The van der Waals surface area contributed by atoms with Crippen molar-refractivity contribution in [3.8, 4) is 11.8 Å². The maximum atomic E-state index is 13.8. The summed E-state index contributed by atoms with van der Waals surface area (Å²) >= 11 is 3.05. The molecule has 1 aliphatic heterocycles. The van der Waals surface area contributed by atoms with Crippen molar-refractivity contribution in [2.24, 2.45) is 29.1 Å². The Balaban J connectivity index is 1.73. The molecule has 34 heavy (non-hydrogen) atoms. The second-order valence-electron chi connectivity index (χ2n) is 9.36. The van der Waals surface area contributed by atoms with Crippen LogP contribution in [0.25, 0.3) is 0 Å². The number of ether oxygens (including phenoxy) is 3. The number of furan rings is 1. The third-order valence-corrected chi connectivity index (χ3v) is 8.17. The molecule has 9 heteroatoms. The second-order valence-corrected chi connectivity index (χ2v) is 9.92. The van der Waals surface area contributed by atoms with Gasteiger partial charge in [0.25, 0.3) is 0 Å². The molecule has 0 spiro atoms. The van der Waals surface area contributed by atoms with Gasteiger partial charge in [-0.2, -0.15) is 0 Å². The lowest BCUT2D eigenvalue weighted by molar-refractivity contribution is -0.194. The Labute approximate surface area is 206 Å². The molecule has 1 saturated heterocycles. The van der Waals surface area contributed by atoms with E-state index in [1.165, 1.54) is 13.4 Å². The summed E-state index contributed by atoms with van der Waals surface area (Å²) in [4.78, 5) is 51.7. The van der Waals surface area contributed by atoms with Crippen LogP contribution in [0, 0.1) is 40.9 Å². The molecule has 0 amide bonds. The third-order valence-electron chi connectivity index (χ3n) is 7.72. The zero-order valence-electron chi connectivity index (χ0n) is 19.3. The van der Waals surface area contributed by atoms with Gasteiger partial charge in [-0.05, 0) is 49.5 Å². The summed E-state index contributed by atoms with van der Waals surface area (Å²) in [6.07, 6.45) is 1.24. The molecule has 0 radical (unpaired) electrons. The van der Waals surface area contributed by atoms with Crippen molar-refractivity contribution in [1.29, 1.82) is 0 Å². The average Bonchev–Trinajstić information content (AvgIpc) is 3.28. The molecule has 1 aromatic rings. The van der Waals surface area contributed by atoms with Crippen molar-refractivity contribution in [1.82, 2.24) is 0 Å². The van der Waals surface area contributed by atoms with Gasteiger partial charge in [0.1, 0.15) is 11.4 Å². The van der Waals surface area contributed by atoms with Gasteiger partial charge >= 0.3 is 17.9 Å². The predicted molar refractivity (Wildman–Crippen MR) is 121 cm³/mol. The highest BCUT2D eigenvalue weighted by Gasteiger charge is 2.63. The van der Waals surface area contributed by atoms with Crippen molar-refractivity contribution in [2.75, 3.05) is 12.4 Å². The normalized spacial score (nSPS) is 34.6. The smallest absolute Gasteiger partial charge is 0.317 e. The Morgan fingerprint density at radius 3 is 2.74 bits per heavy atom. The molecule has 182 valence electrons. The maximum absolute atomic E-state index is 13.8. The lowest BCUT2D eigenvalue weighted by atomic mass is 9.48. The summed E-state index contributed by atoms with van der Waals surface area (Å²) in [5.41, 5.74) is -0.0729. The first-order valence-electron chi connectivity index (χ1n) is 11.3. The number of esters is 3. The Hall–Kier alpha value is -2.60. The first kappa shape index (κ1) is 24.5. The third kappa shape index (κ3) is 4.06. The fourth-order valence-corrected chi connectivity index (χ4v) is 6.31. The zero-order valence-corrected chi connectivity index (χ0v) is 20.9. The zero-order chi connectivity index (χ0) is 24.6. The number of rotatable bonds is 4. The molecule has 2 heterocycles. The molecule has 0 aromatic carbocycles. The van der Waals surface area contributed by atoms with Gasteiger partial charge in [0.05, 0.1) is 25.2 Å². The van der Waals surface area contributed by atoms with Gasteiger partial charge in [-0.15, -0.1) is 0 Å². The summed E-state index contributed by atoms with van der Waals surface area (Å²) in [7, 11) is 1.31. The molecule has 0 N–H and O–H groups in total. The van der Waals surface area contributed by atoms with Crippen LogP contribution in [0.5, 0.6) is 0 Å². The Bertz CT molecular complexity index is 1060. The van der Waals surface area contributed by atoms with Gasteiger partial charge < -0.3 is 18.6 Å². The number of hydrogen-bond acceptors (Lipinski definition) is 8. The lowest BCUT2D eigenvalue weighted by Crippen LogP contribution is -2.61. The minimum Gasteiger partial charge on any atom is -0.469 e. The van der Waals surface area contributed by atoms with Gasteiger partial charge in [0.2, 0.25) is 0 Å². The Kier molecular flexibility index (Phi) is 6.90. The highest BCUT2D eigenvalue weighted by Crippen LogP contribution is 2.59. The number of alkyl halides is 1.